The minimum Gasteiger partial charge on any atom is -0.305 e. The van der Waals surface area contributed by atoms with Gasteiger partial charge in [0.25, 0.3) is 0 Å². The number of hydrogen-bond acceptors (Lipinski definition) is 6. The third-order valence-corrected chi connectivity index (χ3v) is 7.17. The Hall–Kier alpha value is -1.81. The molecule has 0 saturated heterocycles. The van der Waals surface area contributed by atoms with Crippen LogP contribution in [0.1, 0.15) is 0 Å². The third kappa shape index (κ3) is 5.22. The van der Waals surface area contributed by atoms with Crippen LogP contribution in [-0.2, 0) is 11.8 Å². The number of rotatable bonds is 6. The fourth-order valence-electron chi connectivity index (χ4n) is 2.78. The van der Waals surface area contributed by atoms with Gasteiger partial charge in [0.2, 0.25) is 5.91 Å². The SMILES string of the molecule is Cn1c(SCC(=O)Nc2nc(-c3ccc(Cl)cc3Cl)cs2)nnc1-c1ccc(Cl)cc1Cl. The molecular weight excluding hydrogens is 532 g/mol. The highest BCUT2D eigenvalue weighted by molar-refractivity contribution is 7.99. The van der Waals surface area contributed by atoms with Crippen LogP contribution in [0.4, 0.5) is 5.13 Å². The summed E-state index contributed by atoms with van der Waals surface area (Å²) in [7, 11) is 1.81. The van der Waals surface area contributed by atoms with Crippen molar-refractivity contribution in [2.45, 2.75) is 5.16 Å². The maximum absolute atomic E-state index is 12.4. The summed E-state index contributed by atoms with van der Waals surface area (Å²) in [4.78, 5) is 16.9. The maximum atomic E-state index is 12.4. The molecule has 0 spiro atoms. The highest BCUT2D eigenvalue weighted by Gasteiger charge is 2.16. The van der Waals surface area contributed by atoms with Crippen molar-refractivity contribution in [3.8, 4) is 22.6 Å². The Bertz CT molecular complexity index is 1310. The summed E-state index contributed by atoms with van der Waals surface area (Å²) < 4.78 is 1.77. The molecule has 0 aliphatic heterocycles. The lowest BCUT2D eigenvalue weighted by Gasteiger charge is -2.06. The molecule has 0 aliphatic carbocycles. The number of amides is 1. The summed E-state index contributed by atoms with van der Waals surface area (Å²) in [6.45, 7) is 0. The van der Waals surface area contributed by atoms with E-state index in [1.807, 2.05) is 12.4 Å². The zero-order valence-electron chi connectivity index (χ0n) is 16.3. The van der Waals surface area contributed by atoms with E-state index in [0.717, 1.165) is 5.56 Å². The predicted molar refractivity (Wildman–Crippen MR) is 133 cm³/mol. The molecule has 4 aromatic rings. The number of hydrogen-bond donors (Lipinski definition) is 1. The number of anilines is 1. The lowest BCUT2D eigenvalue weighted by atomic mass is 10.2. The lowest BCUT2D eigenvalue weighted by Crippen LogP contribution is -2.14. The summed E-state index contributed by atoms with van der Waals surface area (Å²) in [6, 6.07) is 10.3. The lowest BCUT2D eigenvalue weighted by molar-refractivity contribution is -0.113. The molecule has 0 saturated carbocycles. The van der Waals surface area contributed by atoms with Crippen molar-refractivity contribution in [2.24, 2.45) is 7.05 Å². The van der Waals surface area contributed by atoms with Crippen LogP contribution in [0.25, 0.3) is 22.6 Å². The Morgan fingerprint density at radius 1 is 1.03 bits per heavy atom. The summed E-state index contributed by atoms with van der Waals surface area (Å²) >= 11 is 27.0. The van der Waals surface area contributed by atoms with Gasteiger partial charge in [-0.05, 0) is 36.4 Å². The highest BCUT2D eigenvalue weighted by atomic mass is 35.5. The minimum absolute atomic E-state index is 0.136. The average molecular weight is 545 g/mol. The van der Waals surface area contributed by atoms with Gasteiger partial charge in [-0.25, -0.2) is 4.98 Å². The first-order valence-corrected chi connectivity index (χ1v) is 12.4. The molecule has 2 aromatic heterocycles. The zero-order chi connectivity index (χ0) is 22.8. The number of halogens is 4. The Morgan fingerprint density at radius 3 is 2.34 bits per heavy atom. The number of thioether (sulfide) groups is 1. The Balaban J connectivity index is 1.40. The molecule has 0 bridgehead atoms. The molecule has 2 heterocycles. The van der Waals surface area contributed by atoms with E-state index in [1.165, 1.54) is 23.1 Å². The van der Waals surface area contributed by atoms with E-state index in [1.54, 1.807) is 41.0 Å². The Morgan fingerprint density at radius 2 is 1.69 bits per heavy atom. The van der Waals surface area contributed by atoms with Crippen LogP contribution in [0, 0.1) is 0 Å². The minimum atomic E-state index is -0.216. The largest absolute Gasteiger partial charge is 0.305 e. The molecule has 164 valence electrons. The van der Waals surface area contributed by atoms with Gasteiger partial charge in [-0.1, -0.05) is 58.2 Å². The van der Waals surface area contributed by atoms with Crippen LogP contribution in [0.5, 0.6) is 0 Å². The van der Waals surface area contributed by atoms with Gasteiger partial charge in [0.05, 0.1) is 21.5 Å². The van der Waals surface area contributed by atoms with E-state index in [-0.39, 0.29) is 11.7 Å². The van der Waals surface area contributed by atoms with Crippen molar-refractivity contribution in [3.63, 3.8) is 0 Å². The Labute approximate surface area is 211 Å². The molecule has 2 aromatic carbocycles. The number of benzene rings is 2. The van der Waals surface area contributed by atoms with E-state index < -0.39 is 0 Å². The standard InChI is InChI=1S/C20H13Cl4N5OS2/c1-29-18(13-5-3-11(22)7-15(13)24)27-28-20(29)32-9-17(30)26-19-25-16(8-31-19)12-4-2-10(21)6-14(12)23/h2-8H,9H2,1H3,(H,25,26,30). The van der Waals surface area contributed by atoms with Crippen molar-refractivity contribution >= 4 is 80.5 Å². The van der Waals surface area contributed by atoms with E-state index in [0.29, 0.717) is 47.5 Å². The average Bonchev–Trinajstić information content (AvgIpc) is 3.33. The van der Waals surface area contributed by atoms with E-state index in [2.05, 4.69) is 20.5 Å². The fourth-order valence-corrected chi connectivity index (χ4v) is 5.22. The molecule has 0 unspecified atom stereocenters. The van der Waals surface area contributed by atoms with Crippen molar-refractivity contribution in [2.75, 3.05) is 11.1 Å². The van der Waals surface area contributed by atoms with Crippen LogP contribution in [0.2, 0.25) is 20.1 Å². The summed E-state index contributed by atoms with van der Waals surface area (Å²) in [5.41, 5.74) is 2.12. The summed E-state index contributed by atoms with van der Waals surface area (Å²) in [6.07, 6.45) is 0. The maximum Gasteiger partial charge on any atom is 0.236 e. The molecule has 0 fully saturated rings. The molecule has 6 nitrogen and oxygen atoms in total. The van der Waals surface area contributed by atoms with Crippen molar-refractivity contribution in [1.82, 2.24) is 19.7 Å². The van der Waals surface area contributed by atoms with Crippen molar-refractivity contribution in [1.29, 1.82) is 0 Å². The first-order chi connectivity index (χ1) is 15.3. The fraction of sp³-hybridized carbons (Fsp3) is 0.100. The second kappa shape index (κ2) is 9.99. The first kappa shape index (κ1) is 23.4. The van der Waals surface area contributed by atoms with Gasteiger partial charge in [0.15, 0.2) is 16.1 Å². The van der Waals surface area contributed by atoms with Crippen LogP contribution in [0.15, 0.2) is 46.9 Å². The van der Waals surface area contributed by atoms with Crippen molar-refractivity contribution in [3.05, 3.63) is 61.9 Å². The molecule has 1 N–H and O–H groups in total. The van der Waals surface area contributed by atoms with Gasteiger partial charge in [-0.2, -0.15) is 0 Å². The second-order valence-corrected chi connectivity index (χ2v) is 9.98. The van der Waals surface area contributed by atoms with Gasteiger partial charge in [0, 0.05) is 33.6 Å². The molecule has 32 heavy (non-hydrogen) atoms. The first-order valence-electron chi connectivity index (χ1n) is 9.00. The number of carbonyl (C=O) groups is 1. The summed E-state index contributed by atoms with van der Waals surface area (Å²) in [5.74, 6) is 0.503. The zero-order valence-corrected chi connectivity index (χ0v) is 20.9. The quantitative estimate of drug-likeness (QED) is 0.266. The molecule has 0 atom stereocenters. The molecule has 4 rings (SSSR count). The van der Waals surface area contributed by atoms with E-state index in [9.17, 15) is 4.79 Å². The molecule has 0 aliphatic rings. The number of nitrogens with one attached hydrogen (secondary N) is 1. The molecule has 0 radical (unpaired) electrons. The van der Waals surface area contributed by atoms with Gasteiger partial charge in [0.1, 0.15) is 0 Å². The monoisotopic (exact) mass is 543 g/mol. The number of carbonyl (C=O) groups excluding carboxylic acids is 1. The van der Waals surface area contributed by atoms with Crippen LogP contribution in [0.3, 0.4) is 0 Å². The smallest absolute Gasteiger partial charge is 0.236 e. The molecule has 1 amide bonds. The molecular formula is C20H13Cl4N5OS2. The number of nitrogens with zero attached hydrogens (tertiary/aromatic N) is 4. The van der Waals surface area contributed by atoms with Gasteiger partial charge >= 0.3 is 0 Å². The highest BCUT2D eigenvalue weighted by Crippen LogP contribution is 2.33. The van der Waals surface area contributed by atoms with Gasteiger partial charge < -0.3 is 9.88 Å². The van der Waals surface area contributed by atoms with Crippen LogP contribution < -0.4 is 5.32 Å². The predicted octanol–water partition coefficient (Wildman–Crippen LogP) is 6.95. The summed E-state index contributed by atoms with van der Waals surface area (Å²) in [5, 5.41) is 16.1. The van der Waals surface area contributed by atoms with Gasteiger partial charge in [-0.3, -0.25) is 4.79 Å². The van der Waals surface area contributed by atoms with E-state index >= 15 is 0 Å². The normalized spacial score (nSPS) is 11.0. The second-order valence-electron chi connectivity index (χ2n) is 6.49. The topological polar surface area (TPSA) is 72.7 Å². The number of thiazole rings is 1. The van der Waals surface area contributed by atoms with E-state index in [4.69, 9.17) is 46.4 Å². The molecule has 12 heteroatoms. The van der Waals surface area contributed by atoms with Gasteiger partial charge in [-0.15, -0.1) is 21.5 Å². The van der Waals surface area contributed by atoms with Crippen molar-refractivity contribution < 1.29 is 4.79 Å². The van der Waals surface area contributed by atoms with Crippen LogP contribution >= 0.6 is 69.5 Å². The Kier molecular flexibility index (Phi) is 7.29. The third-order valence-electron chi connectivity index (χ3n) is 4.30. The number of aromatic nitrogens is 4. The van der Waals surface area contributed by atoms with Crippen LogP contribution in [-0.4, -0.2) is 31.4 Å².